The number of aromatic nitrogens is 3. The zero-order valence-corrected chi connectivity index (χ0v) is 7.64. The van der Waals surface area contributed by atoms with Gasteiger partial charge in [-0.2, -0.15) is 5.10 Å². The second-order valence-corrected chi connectivity index (χ2v) is 2.73. The van der Waals surface area contributed by atoms with Gasteiger partial charge in [-0.15, -0.1) is 0 Å². The number of hydrogen-bond acceptors (Lipinski definition) is 5. The number of aliphatic hydroxyl groups excluding tert-OH is 1. The van der Waals surface area contributed by atoms with Gasteiger partial charge in [-0.05, 0) is 0 Å². The summed E-state index contributed by atoms with van der Waals surface area (Å²) in [6.45, 7) is -0.0429. The number of nitrogens with zero attached hydrogens (tertiary/aromatic N) is 2. The smallest absolute Gasteiger partial charge is 0.344 e. The number of rotatable bonds is 4. The van der Waals surface area contributed by atoms with Crippen LogP contribution in [0.1, 0.15) is 0 Å². The van der Waals surface area contributed by atoms with Crippen molar-refractivity contribution >= 4 is 0 Å². The molecule has 1 unspecified atom stereocenters. The number of hydrogen-bond donors (Lipinski definition) is 2. The highest BCUT2D eigenvalue weighted by Gasteiger charge is 2.08. The van der Waals surface area contributed by atoms with Crippen molar-refractivity contribution in [3.63, 3.8) is 0 Å². The summed E-state index contributed by atoms with van der Waals surface area (Å²) < 4.78 is 5.52. The molecule has 0 aliphatic carbocycles. The maximum atomic E-state index is 11.1. The lowest BCUT2D eigenvalue weighted by Gasteiger charge is -2.09. The Morgan fingerprint density at radius 1 is 1.71 bits per heavy atom. The topological polar surface area (TPSA) is 97.2 Å². The van der Waals surface area contributed by atoms with Crippen molar-refractivity contribution in [2.75, 3.05) is 13.7 Å². The Kier molecular flexibility index (Phi) is 3.55. The van der Waals surface area contributed by atoms with Gasteiger partial charge in [0.05, 0.1) is 19.3 Å². The highest BCUT2D eigenvalue weighted by molar-refractivity contribution is 4.74. The summed E-state index contributed by atoms with van der Waals surface area (Å²) in [5.74, 6) is 0. The maximum Gasteiger partial charge on any atom is 0.344 e. The molecule has 0 aromatic carbocycles. The van der Waals surface area contributed by atoms with E-state index in [0.717, 1.165) is 10.8 Å². The van der Waals surface area contributed by atoms with Gasteiger partial charge in [0.2, 0.25) is 0 Å². The molecule has 0 saturated heterocycles. The molecule has 1 heterocycles. The van der Waals surface area contributed by atoms with E-state index in [1.54, 1.807) is 0 Å². The average molecular weight is 201 g/mol. The van der Waals surface area contributed by atoms with Crippen LogP contribution < -0.4 is 11.2 Å². The molecule has 0 fully saturated rings. The summed E-state index contributed by atoms with van der Waals surface area (Å²) in [6.07, 6.45) is 0.0854. The van der Waals surface area contributed by atoms with Gasteiger partial charge in [-0.3, -0.25) is 9.36 Å². The summed E-state index contributed by atoms with van der Waals surface area (Å²) >= 11 is 0. The third-order valence-electron chi connectivity index (χ3n) is 1.60. The SMILES string of the molecule is COCC(O)Cn1c(=O)cn[nH]c1=O. The molecule has 14 heavy (non-hydrogen) atoms. The molecule has 0 bridgehead atoms. The first-order valence-electron chi connectivity index (χ1n) is 3.96. The zero-order valence-electron chi connectivity index (χ0n) is 7.64. The highest BCUT2D eigenvalue weighted by atomic mass is 16.5. The van der Waals surface area contributed by atoms with Crippen molar-refractivity contribution in [3.8, 4) is 0 Å². The van der Waals surface area contributed by atoms with Crippen molar-refractivity contribution in [1.29, 1.82) is 0 Å². The molecule has 7 nitrogen and oxygen atoms in total. The van der Waals surface area contributed by atoms with E-state index in [9.17, 15) is 14.7 Å². The van der Waals surface area contributed by atoms with E-state index in [1.807, 2.05) is 0 Å². The molecular formula is C7H11N3O4. The lowest BCUT2D eigenvalue weighted by molar-refractivity contribution is 0.0520. The van der Waals surface area contributed by atoms with Gasteiger partial charge in [0.1, 0.15) is 6.20 Å². The highest BCUT2D eigenvalue weighted by Crippen LogP contribution is 1.85. The fourth-order valence-electron chi connectivity index (χ4n) is 1.00. The van der Waals surface area contributed by atoms with Crippen LogP contribution in [0.3, 0.4) is 0 Å². The van der Waals surface area contributed by atoms with Crippen LogP contribution in [0, 0.1) is 0 Å². The molecule has 1 atom stereocenters. The van der Waals surface area contributed by atoms with Crippen molar-refractivity contribution in [1.82, 2.24) is 14.8 Å². The minimum Gasteiger partial charge on any atom is -0.389 e. The number of aliphatic hydroxyl groups is 1. The number of H-pyrrole nitrogens is 1. The van der Waals surface area contributed by atoms with Crippen LogP contribution in [0.15, 0.2) is 15.8 Å². The molecule has 1 aromatic heterocycles. The molecule has 1 aromatic rings. The fourth-order valence-corrected chi connectivity index (χ4v) is 1.00. The number of nitrogens with one attached hydrogen (secondary N) is 1. The van der Waals surface area contributed by atoms with Crippen LogP contribution in [0.4, 0.5) is 0 Å². The predicted octanol–water partition coefficient (Wildman–Crippen LogP) is -2.06. The van der Waals surface area contributed by atoms with Crippen LogP contribution >= 0.6 is 0 Å². The van der Waals surface area contributed by atoms with Crippen LogP contribution in [0.25, 0.3) is 0 Å². The quantitative estimate of drug-likeness (QED) is 0.583. The van der Waals surface area contributed by atoms with Gasteiger partial charge < -0.3 is 9.84 Å². The lowest BCUT2D eigenvalue weighted by atomic mass is 10.4. The van der Waals surface area contributed by atoms with Gasteiger partial charge in [-0.25, -0.2) is 9.89 Å². The van der Waals surface area contributed by atoms with E-state index in [4.69, 9.17) is 0 Å². The number of ether oxygens (including phenoxy) is 1. The van der Waals surface area contributed by atoms with Gasteiger partial charge in [0, 0.05) is 7.11 Å². The molecule has 7 heteroatoms. The normalized spacial score (nSPS) is 12.7. The van der Waals surface area contributed by atoms with Gasteiger partial charge in [0.25, 0.3) is 5.56 Å². The zero-order chi connectivity index (χ0) is 10.6. The van der Waals surface area contributed by atoms with E-state index in [0.29, 0.717) is 0 Å². The monoisotopic (exact) mass is 201 g/mol. The second kappa shape index (κ2) is 4.68. The molecule has 0 saturated carbocycles. The standard InChI is InChI=1S/C7H11N3O4/c1-14-4-5(11)3-10-6(12)2-8-9-7(10)13/h2,5,11H,3-4H2,1H3,(H,9,13). The van der Waals surface area contributed by atoms with E-state index in [1.165, 1.54) is 7.11 Å². The summed E-state index contributed by atoms with van der Waals surface area (Å²) in [4.78, 5) is 22.2. The number of methoxy groups -OCH3 is 1. The van der Waals surface area contributed by atoms with E-state index in [-0.39, 0.29) is 13.2 Å². The first-order valence-corrected chi connectivity index (χ1v) is 3.96. The summed E-state index contributed by atoms with van der Waals surface area (Å²) in [5, 5.41) is 14.7. The minimum atomic E-state index is -0.888. The van der Waals surface area contributed by atoms with Gasteiger partial charge >= 0.3 is 5.69 Å². The molecule has 2 N–H and O–H groups in total. The van der Waals surface area contributed by atoms with Crippen molar-refractivity contribution in [2.45, 2.75) is 12.6 Å². The Bertz CT molecular complexity index is 368. The van der Waals surface area contributed by atoms with Crippen molar-refractivity contribution in [3.05, 3.63) is 27.0 Å². The van der Waals surface area contributed by atoms with Crippen LogP contribution in [0.5, 0.6) is 0 Å². The predicted molar refractivity (Wildman–Crippen MR) is 47.0 cm³/mol. The molecule has 0 aliphatic heterocycles. The van der Waals surface area contributed by atoms with Crippen molar-refractivity contribution in [2.24, 2.45) is 0 Å². The van der Waals surface area contributed by atoms with Gasteiger partial charge in [-0.1, -0.05) is 0 Å². The third-order valence-corrected chi connectivity index (χ3v) is 1.60. The molecule has 0 radical (unpaired) electrons. The minimum absolute atomic E-state index is 0.0637. The Balaban J connectivity index is 2.86. The first-order chi connectivity index (χ1) is 6.65. The van der Waals surface area contributed by atoms with Crippen molar-refractivity contribution < 1.29 is 9.84 Å². The third kappa shape index (κ3) is 2.51. The van der Waals surface area contributed by atoms with E-state index >= 15 is 0 Å². The average Bonchev–Trinajstić information content (AvgIpc) is 2.12. The Morgan fingerprint density at radius 3 is 3.00 bits per heavy atom. The summed E-state index contributed by atoms with van der Waals surface area (Å²) in [6, 6.07) is 0. The first kappa shape index (κ1) is 10.6. The van der Waals surface area contributed by atoms with Gasteiger partial charge in [0.15, 0.2) is 0 Å². The largest absolute Gasteiger partial charge is 0.389 e. The molecule has 0 spiro atoms. The second-order valence-electron chi connectivity index (χ2n) is 2.73. The Labute approximate surface area is 79.0 Å². The van der Waals surface area contributed by atoms with Crippen LogP contribution in [-0.2, 0) is 11.3 Å². The van der Waals surface area contributed by atoms with E-state index in [2.05, 4.69) is 14.9 Å². The molecular weight excluding hydrogens is 190 g/mol. The van der Waals surface area contributed by atoms with Crippen LogP contribution in [-0.4, -0.2) is 39.7 Å². The molecule has 1 rings (SSSR count). The molecule has 0 aliphatic rings. The number of aromatic amines is 1. The maximum absolute atomic E-state index is 11.1. The summed E-state index contributed by atoms with van der Waals surface area (Å²) in [5.41, 5.74) is -1.20. The van der Waals surface area contributed by atoms with Crippen LogP contribution in [0.2, 0.25) is 0 Å². The fraction of sp³-hybridized carbons (Fsp3) is 0.571. The summed E-state index contributed by atoms with van der Waals surface area (Å²) in [7, 11) is 1.42. The molecule has 78 valence electrons. The Morgan fingerprint density at radius 2 is 2.43 bits per heavy atom. The Hall–Kier alpha value is -1.47. The van der Waals surface area contributed by atoms with E-state index < -0.39 is 17.4 Å². The lowest BCUT2D eigenvalue weighted by Crippen LogP contribution is -2.39. The molecule has 0 amide bonds.